The first-order valence-electron chi connectivity index (χ1n) is 7.10. The van der Waals surface area contributed by atoms with Crippen molar-refractivity contribution in [1.82, 2.24) is 0 Å². The molecule has 0 bridgehead atoms. The molecular formula is C16H16FN3O4S. The van der Waals surface area contributed by atoms with Crippen LogP contribution in [0.5, 0.6) is 0 Å². The fourth-order valence-electron chi connectivity index (χ4n) is 2.13. The van der Waals surface area contributed by atoms with Gasteiger partial charge in [0.25, 0.3) is 5.91 Å². The standard InChI is InChI=1S/C16H16FN3O4S/c1-25(23,24)20(12-8-6-11(17)7-9-12)10-15(21)19-14-5-3-2-4-13(14)16(18)22/h2-9H,10H2,1H3,(H2,18,22)(H,19,21). The van der Waals surface area contributed by atoms with Gasteiger partial charge in [-0.15, -0.1) is 0 Å². The summed E-state index contributed by atoms with van der Waals surface area (Å²) in [7, 11) is -3.79. The summed E-state index contributed by atoms with van der Waals surface area (Å²) in [4.78, 5) is 23.6. The predicted octanol–water partition coefficient (Wildman–Crippen LogP) is 1.33. The third-order valence-corrected chi connectivity index (χ3v) is 4.41. The third kappa shape index (κ3) is 4.77. The van der Waals surface area contributed by atoms with Gasteiger partial charge in [-0.3, -0.25) is 13.9 Å². The lowest BCUT2D eigenvalue weighted by atomic mass is 10.1. The minimum Gasteiger partial charge on any atom is -0.366 e. The second-order valence-electron chi connectivity index (χ2n) is 5.20. The smallest absolute Gasteiger partial charge is 0.250 e. The number of hydrogen-bond acceptors (Lipinski definition) is 4. The van der Waals surface area contributed by atoms with E-state index >= 15 is 0 Å². The van der Waals surface area contributed by atoms with Gasteiger partial charge < -0.3 is 11.1 Å². The number of carbonyl (C=O) groups is 2. The van der Waals surface area contributed by atoms with E-state index in [1.165, 1.54) is 24.3 Å². The SMILES string of the molecule is CS(=O)(=O)N(CC(=O)Nc1ccccc1C(N)=O)c1ccc(F)cc1. The Labute approximate surface area is 144 Å². The van der Waals surface area contributed by atoms with Crippen molar-refractivity contribution in [3.05, 3.63) is 59.9 Å². The van der Waals surface area contributed by atoms with Gasteiger partial charge in [0.15, 0.2) is 0 Å². The Balaban J connectivity index is 2.24. The molecule has 7 nitrogen and oxygen atoms in total. The highest BCUT2D eigenvalue weighted by Crippen LogP contribution is 2.19. The summed E-state index contributed by atoms with van der Waals surface area (Å²) in [5, 5.41) is 2.46. The van der Waals surface area contributed by atoms with Crippen LogP contribution >= 0.6 is 0 Å². The van der Waals surface area contributed by atoms with Crippen LogP contribution in [-0.4, -0.2) is 33.0 Å². The van der Waals surface area contributed by atoms with Crippen LogP contribution in [0.2, 0.25) is 0 Å². The topological polar surface area (TPSA) is 110 Å². The van der Waals surface area contributed by atoms with Crippen molar-refractivity contribution in [2.75, 3.05) is 22.4 Å². The molecule has 0 saturated carbocycles. The molecule has 0 radical (unpaired) electrons. The maximum Gasteiger partial charge on any atom is 0.250 e. The van der Waals surface area contributed by atoms with Crippen LogP contribution < -0.4 is 15.4 Å². The van der Waals surface area contributed by atoms with Gasteiger partial charge in [-0.25, -0.2) is 12.8 Å². The Morgan fingerprint density at radius 1 is 1.12 bits per heavy atom. The number of para-hydroxylation sites is 1. The van der Waals surface area contributed by atoms with Crippen molar-refractivity contribution < 1.29 is 22.4 Å². The fraction of sp³-hybridized carbons (Fsp3) is 0.125. The first kappa shape index (κ1) is 18.4. The molecule has 0 aliphatic heterocycles. The molecule has 2 rings (SSSR count). The van der Waals surface area contributed by atoms with Crippen LogP contribution in [-0.2, 0) is 14.8 Å². The molecular weight excluding hydrogens is 349 g/mol. The zero-order valence-corrected chi connectivity index (χ0v) is 14.1. The number of halogens is 1. The van der Waals surface area contributed by atoms with E-state index < -0.39 is 34.2 Å². The Morgan fingerprint density at radius 2 is 1.72 bits per heavy atom. The number of rotatable bonds is 6. The molecule has 3 N–H and O–H groups in total. The van der Waals surface area contributed by atoms with Gasteiger partial charge in [-0.1, -0.05) is 12.1 Å². The molecule has 0 spiro atoms. The average molecular weight is 365 g/mol. The molecule has 0 fully saturated rings. The van der Waals surface area contributed by atoms with E-state index in [0.717, 1.165) is 22.7 Å². The zero-order chi connectivity index (χ0) is 18.6. The summed E-state index contributed by atoms with van der Waals surface area (Å²) >= 11 is 0. The molecule has 132 valence electrons. The Bertz CT molecular complexity index is 898. The van der Waals surface area contributed by atoms with Gasteiger partial charge in [0.1, 0.15) is 12.4 Å². The lowest BCUT2D eigenvalue weighted by Gasteiger charge is -2.22. The molecule has 9 heteroatoms. The molecule has 25 heavy (non-hydrogen) atoms. The molecule has 0 heterocycles. The summed E-state index contributed by atoms with van der Waals surface area (Å²) in [6.45, 7) is -0.544. The first-order valence-corrected chi connectivity index (χ1v) is 8.95. The van der Waals surface area contributed by atoms with Crippen LogP contribution in [0.3, 0.4) is 0 Å². The summed E-state index contributed by atoms with van der Waals surface area (Å²) < 4.78 is 37.8. The molecule has 2 aromatic rings. The number of sulfonamides is 1. The lowest BCUT2D eigenvalue weighted by molar-refractivity contribution is -0.114. The normalized spacial score (nSPS) is 11.0. The van der Waals surface area contributed by atoms with Gasteiger partial charge in [0.2, 0.25) is 15.9 Å². The van der Waals surface area contributed by atoms with Gasteiger partial charge in [-0.05, 0) is 36.4 Å². The highest BCUT2D eigenvalue weighted by atomic mass is 32.2. The second-order valence-corrected chi connectivity index (χ2v) is 7.11. The predicted molar refractivity (Wildman–Crippen MR) is 92.2 cm³/mol. The molecule has 2 aromatic carbocycles. The maximum absolute atomic E-state index is 13.0. The monoisotopic (exact) mass is 365 g/mol. The van der Waals surface area contributed by atoms with Gasteiger partial charge in [0, 0.05) is 0 Å². The van der Waals surface area contributed by atoms with Crippen LogP contribution in [0.1, 0.15) is 10.4 Å². The number of nitrogens with one attached hydrogen (secondary N) is 1. The number of nitrogens with zero attached hydrogens (tertiary/aromatic N) is 1. The molecule has 0 atom stereocenters. The molecule has 0 aliphatic carbocycles. The molecule has 0 saturated heterocycles. The number of benzene rings is 2. The molecule has 0 aromatic heterocycles. The van der Waals surface area contributed by atoms with E-state index in [2.05, 4.69) is 5.32 Å². The van der Waals surface area contributed by atoms with Crippen LogP contribution in [0.25, 0.3) is 0 Å². The fourth-order valence-corrected chi connectivity index (χ4v) is 2.99. The highest BCUT2D eigenvalue weighted by molar-refractivity contribution is 7.92. The molecule has 0 unspecified atom stereocenters. The number of amides is 2. The maximum atomic E-state index is 13.0. The summed E-state index contributed by atoms with van der Waals surface area (Å²) in [6.07, 6.45) is 0.932. The highest BCUT2D eigenvalue weighted by Gasteiger charge is 2.21. The van der Waals surface area contributed by atoms with Gasteiger partial charge in [-0.2, -0.15) is 0 Å². The van der Waals surface area contributed by atoms with Crippen molar-refractivity contribution in [3.63, 3.8) is 0 Å². The quantitative estimate of drug-likeness (QED) is 0.805. The minimum absolute atomic E-state index is 0.100. The van der Waals surface area contributed by atoms with Crippen LogP contribution in [0.15, 0.2) is 48.5 Å². The van der Waals surface area contributed by atoms with E-state index in [4.69, 9.17) is 5.73 Å². The van der Waals surface area contributed by atoms with Gasteiger partial charge >= 0.3 is 0 Å². The van der Waals surface area contributed by atoms with Crippen molar-refractivity contribution in [2.24, 2.45) is 5.73 Å². The van der Waals surface area contributed by atoms with E-state index in [9.17, 15) is 22.4 Å². The minimum atomic E-state index is -3.79. The Morgan fingerprint density at radius 3 is 2.28 bits per heavy atom. The Hall–Kier alpha value is -2.94. The second kappa shape index (κ2) is 7.31. The summed E-state index contributed by atoms with van der Waals surface area (Å²) in [5.74, 6) is -1.94. The Kier molecular flexibility index (Phi) is 5.38. The van der Waals surface area contributed by atoms with E-state index in [1.54, 1.807) is 12.1 Å². The third-order valence-electron chi connectivity index (χ3n) is 3.27. The van der Waals surface area contributed by atoms with Gasteiger partial charge in [0.05, 0.1) is 23.2 Å². The van der Waals surface area contributed by atoms with Crippen LogP contribution in [0, 0.1) is 5.82 Å². The largest absolute Gasteiger partial charge is 0.366 e. The summed E-state index contributed by atoms with van der Waals surface area (Å²) in [6, 6.07) is 10.8. The number of hydrogen-bond donors (Lipinski definition) is 2. The van der Waals surface area contributed by atoms with Crippen molar-refractivity contribution in [3.8, 4) is 0 Å². The van der Waals surface area contributed by atoms with E-state index in [-0.39, 0.29) is 16.9 Å². The van der Waals surface area contributed by atoms with Crippen LogP contribution in [0.4, 0.5) is 15.8 Å². The molecule has 0 aliphatic rings. The number of anilines is 2. The zero-order valence-electron chi connectivity index (χ0n) is 13.3. The van der Waals surface area contributed by atoms with Crippen molar-refractivity contribution >= 4 is 33.2 Å². The first-order chi connectivity index (χ1) is 11.7. The number of primary amides is 1. The molecule has 2 amide bonds. The van der Waals surface area contributed by atoms with E-state index in [0.29, 0.717) is 0 Å². The number of nitrogens with two attached hydrogens (primary N) is 1. The average Bonchev–Trinajstić information content (AvgIpc) is 2.53. The van der Waals surface area contributed by atoms with E-state index in [1.807, 2.05) is 0 Å². The summed E-state index contributed by atoms with van der Waals surface area (Å²) in [5.41, 5.74) is 5.65. The lowest BCUT2D eigenvalue weighted by Crippen LogP contribution is -2.37. The van der Waals surface area contributed by atoms with Crippen molar-refractivity contribution in [2.45, 2.75) is 0 Å². The number of carbonyl (C=O) groups excluding carboxylic acids is 2. The van der Waals surface area contributed by atoms with Crippen molar-refractivity contribution in [1.29, 1.82) is 0 Å².